The maximum absolute atomic E-state index is 12.1. The normalized spacial score (nSPS) is 10.1. The van der Waals surface area contributed by atoms with Gasteiger partial charge in [0.1, 0.15) is 5.75 Å². The van der Waals surface area contributed by atoms with E-state index in [2.05, 4.69) is 10.6 Å². The van der Waals surface area contributed by atoms with Gasteiger partial charge in [0.05, 0.1) is 23.3 Å². The molecule has 0 unspecified atom stereocenters. The molecule has 4 N–H and O–H groups in total. The summed E-state index contributed by atoms with van der Waals surface area (Å²) in [5.41, 5.74) is 6.11. The van der Waals surface area contributed by atoms with Crippen LogP contribution in [0.4, 0.5) is 5.69 Å². The van der Waals surface area contributed by atoms with Crippen LogP contribution in [0.25, 0.3) is 0 Å². The van der Waals surface area contributed by atoms with Crippen LogP contribution in [0.1, 0.15) is 27.1 Å². The first kappa shape index (κ1) is 19.3. The third-order valence-electron chi connectivity index (χ3n) is 3.50. The van der Waals surface area contributed by atoms with E-state index < -0.39 is 5.91 Å². The number of halogens is 1. The number of methoxy groups -OCH3 is 1. The molecule has 7 nitrogen and oxygen atoms in total. The van der Waals surface area contributed by atoms with Crippen LogP contribution in [0.15, 0.2) is 42.5 Å². The summed E-state index contributed by atoms with van der Waals surface area (Å²) in [6.45, 7) is 0.138. The highest BCUT2D eigenvalue weighted by Gasteiger charge is 2.12. The second-order valence-electron chi connectivity index (χ2n) is 5.31. The number of ether oxygens (including phenoxy) is 1. The lowest BCUT2D eigenvalue weighted by Crippen LogP contribution is -2.28. The number of nitrogens with one attached hydrogen (secondary N) is 2. The quantitative estimate of drug-likeness (QED) is 0.688. The average Bonchev–Trinajstić information content (AvgIpc) is 2.62. The Labute approximate surface area is 155 Å². The maximum Gasteiger partial charge on any atom is 0.255 e. The predicted octanol–water partition coefficient (Wildman–Crippen LogP) is 2.21. The molecule has 8 heteroatoms. The summed E-state index contributed by atoms with van der Waals surface area (Å²) in [5, 5.41) is 5.48. The van der Waals surface area contributed by atoms with Crippen LogP contribution in [-0.2, 0) is 4.79 Å². The third kappa shape index (κ3) is 4.97. The fourth-order valence-corrected chi connectivity index (χ4v) is 2.44. The largest absolute Gasteiger partial charge is 0.496 e. The van der Waals surface area contributed by atoms with Crippen LogP contribution in [-0.4, -0.2) is 31.4 Å². The molecule has 0 aromatic heterocycles. The standard InChI is InChI=1S/C18H18ClN3O4/c1-26-15-5-3-2-4-12(15)18(25)21-9-8-16(23)22-11-6-7-14(19)13(10-11)17(20)24/h2-7,10H,8-9H2,1H3,(H2,20,24)(H,21,25)(H,22,23). The molecule has 2 aromatic rings. The van der Waals surface area contributed by atoms with E-state index in [9.17, 15) is 14.4 Å². The summed E-state index contributed by atoms with van der Waals surface area (Å²) in [6, 6.07) is 11.2. The third-order valence-corrected chi connectivity index (χ3v) is 3.83. The molecular formula is C18H18ClN3O4. The highest BCUT2D eigenvalue weighted by atomic mass is 35.5. The number of primary amides is 1. The number of para-hydroxylation sites is 1. The Hall–Kier alpha value is -3.06. The molecule has 0 saturated heterocycles. The summed E-state index contributed by atoms with van der Waals surface area (Å²) in [5.74, 6) is -0.898. The average molecular weight is 376 g/mol. The van der Waals surface area contributed by atoms with Crippen LogP contribution in [0.2, 0.25) is 5.02 Å². The van der Waals surface area contributed by atoms with Gasteiger partial charge in [-0.15, -0.1) is 0 Å². The van der Waals surface area contributed by atoms with E-state index in [1.807, 2.05) is 0 Å². The summed E-state index contributed by atoms with van der Waals surface area (Å²) >= 11 is 5.86. The first-order valence-electron chi connectivity index (χ1n) is 7.72. The smallest absolute Gasteiger partial charge is 0.255 e. The van der Waals surface area contributed by atoms with Gasteiger partial charge >= 0.3 is 0 Å². The van der Waals surface area contributed by atoms with Crippen LogP contribution >= 0.6 is 11.6 Å². The van der Waals surface area contributed by atoms with Gasteiger partial charge in [-0.1, -0.05) is 23.7 Å². The van der Waals surface area contributed by atoms with E-state index >= 15 is 0 Å². The summed E-state index contributed by atoms with van der Waals surface area (Å²) in [4.78, 5) is 35.4. The molecule has 0 fully saturated rings. The van der Waals surface area contributed by atoms with Crippen molar-refractivity contribution in [2.45, 2.75) is 6.42 Å². The molecule has 0 aliphatic rings. The van der Waals surface area contributed by atoms with Gasteiger partial charge in [0, 0.05) is 18.7 Å². The number of carbonyl (C=O) groups excluding carboxylic acids is 3. The van der Waals surface area contributed by atoms with Crippen molar-refractivity contribution in [3.05, 3.63) is 58.6 Å². The van der Waals surface area contributed by atoms with E-state index in [1.165, 1.54) is 19.2 Å². The second kappa shape index (κ2) is 8.87. The van der Waals surface area contributed by atoms with Gasteiger partial charge in [0.25, 0.3) is 5.91 Å². The van der Waals surface area contributed by atoms with Crippen molar-refractivity contribution in [3.63, 3.8) is 0 Å². The Morgan fingerprint density at radius 2 is 1.85 bits per heavy atom. The van der Waals surface area contributed by atoms with E-state index in [1.54, 1.807) is 30.3 Å². The molecule has 0 aliphatic carbocycles. The topological polar surface area (TPSA) is 111 Å². The first-order chi connectivity index (χ1) is 12.4. The molecule has 2 rings (SSSR count). The molecule has 26 heavy (non-hydrogen) atoms. The lowest BCUT2D eigenvalue weighted by molar-refractivity contribution is -0.116. The molecule has 0 heterocycles. The number of carbonyl (C=O) groups is 3. The van der Waals surface area contributed by atoms with Crippen molar-refractivity contribution in [2.75, 3.05) is 19.0 Å². The lowest BCUT2D eigenvalue weighted by atomic mass is 10.2. The molecular weight excluding hydrogens is 358 g/mol. The zero-order valence-electron chi connectivity index (χ0n) is 14.0. The van der Waals surface area contributed by atoms with Gasteiger partial charge in [-0.3, -0.25) is 14.4 Å². The fraction of sp³-hybridized carbons (Fsp3) is 0.167. The molecule has 0 atom stereocenters. The number of hydrogen-bond acceptors (Lipinski definition) is 4. The number of nitrogens with two attached hydrogens (primary N) is 1. The van der Waals surface area contributed by atoms with Gasteiger partial charge in [0.2, 0.25) is 11.8 Å². The second-order valence-corrected chi connectivity index (χ2v) is 5.72. The van der Waals surface area contributed by atoms with Gasteiger partial charge in [-0.25, -0.2) is 0 Å². The SMILES string of the molecule is COc1ccccc1C(=O)NCCC(=O)Nc1ccc(Cl)c(C(N)=O)c1. The minimum atomic E-state index is -0.685. The first-order valence-corrected chi connectivity index (χ1v) is 8.10. The number of anilines is 1. The van der Waals surface area contributed by atoms with E-state index in [0.717, 1.165) is 0 Å². The summed E-state index contributed by atoms with van der Waals surface area (Å²) in [6.07, 6.45) is 0.0510. The Morgan fingerprint density at radius 3 is 2.54 bits per heavy atom. The van der Waals surface area contributed by atoms with Crippen molar-refractivity contribution in [3.8, 4) is 5.75 Å². The molecule has 0 bridgehead atoms. The zero-order valence-corrected chi connectivity index (χ0v) is 14.8. The minimum absolute atomic E-state index is 0.0510. The Balaban J connectivity index is 1.88. The molecule has 3 amide bonds. The number of hydrogen-bond donors (Lipinski definition) is 3. The van der Waals surface area contributed by atoms with E-state index in [-0.39, 0.29) is 35.4 Å². The van der Waals surface area contributed by atoms with Gasteiger partial charge in [0.15, 0.2) is 0 Å². The van der Waals surface area contributed by atoms with Crippen LogP contribution < -0.4 is 21.1 Å². The molecule has 0 aliphatic heterocycles. The van der Waals surface area contributed by atoms with Crippen LogP contribution in [0.5, 0.6) is 5.75 Å². The van der Waals surface area contributed by atoms with E-state index in [0.29, 0.717) is 17.0 Å². The Kier molecular flexibility index (Phi) is 6.57. The van der Waals surface area contributed by atoms with Crippen molar-refractivity contribution >= 4 is 35.0 Å². The number of rotatable bonds is 7. The lowest BCUT2D eigenvalue weighted by Gasteiger charge is -2.10. The summed E-state index contributed by atoms with van der Waals surface area (Å²) < 4.78 is 5.12. The summed E-state index contributed by atoms with van der Waals surface area (Å²) in [7, 11) is 1.48. The highest BCUT2D eigenvalue weighted by Crippen LogP contribution is 2.20. The molecule has 0 radical (unpaired) electrons. The predicted molar refractivity (Wildman–Crippen MR) is 98.5 cm³/mol. The zero-order chi connectivity index (χ0) is 19.1. The Bertz CT molecular complexity index is 839. The van der Waals surface area contributed by atoms with Crippen LogP contribution in [0.3, 0.4) is 0 Å². The number of benzene rings is 2. The van der Waals surface area contributed by atoms with Crippen LogP contribution in [0, 0.1) is 0 Å². The van der Waals surface area contributed by atoms with Gasteiger partial charge in [-0.05, 0) is 30.3 Å². The Morgan fingerprint density at radius 1 is 1.12 bits per heavy atom. The van der Waals surface area contributed by atoms with Gasteiger partial charge < -0.3 is 21.1 Å². The monoisotopic (exact) mass is 375 g/mol. The van der Waals surface area contributed by atoms with Crippen molar-refractivity contribution in [2.24, 2.45) is 5.73 Å². The molecule has 0 saturated carbocycles. The molecule has 2 aromatic carbocycles. The number of amides is 3. The van der Waals surface area contributed by atoms with Crippen molar-refractivity contribution in [1.82, 2.24) is 5.32 Å². The van der Waals surface area contributed by atoms with E-state index in [4.69, 9.17) is 22.1 Å². The van der Waals surface area contributed by atoms with Crippen molar-refractivity contribution in [1.29, 1.82) is 0 Å². The maximum atomic E-state index is 12.1. The molecule has 136 valence electrons. The van der Waals surface area contributed by atoms with Crippen molar-refractivity contribution < 1.29 is 19.1 Å². The fourth-order valence-electron chi connectivity index (χ4n) is 2.23. The molecule has 0 spiro atoms. The highest BCUT2D eigenvalue weighted by molar-refractivity contribution is 6.34. The van der Waals surface area contributed by atoms with Gasteiger partial charge in [-0.2, -0.15) is 0 Å². The minimum Gasteiger partial charge on any atom is -0.496 e.